The molecule has 2 aromatic heterocycles. The van der Waals surface area contributed by atoms with Crippen molar-refractivity contribution in [1.29, 1.82) is 0 Å². The largest absolute Gasteiger partial charge is 0.481 e. The highest BCUT2D eigenvalue weighted by molar-refractivity contribution is 5.93. The fourth-order valence-electron chi connectivity index (χ4n) is 5.91. The van der Waals surface area contributed by atoms with Gasteiger partial charge in [0, 0.05) is 42.1 Å². The van der Waals surface area contributed by atoms with Crippen molar-refractivity contribution in [3.05, 3.63) is 125 Å². The Morgan fingerprint density at radius 2 is 1.61 bits per heavy atom. The molecule has 7 nitrogen and oxygen atoms in total. The lowest BCUT2D eigenvalue weighted by Gasteiger charge is -2.23. The number of amides is 1. The number of fused-ring (bicyclic) bond motifs is 1. The van der Waals surface area contributed by atoms with Gasteiger partial charge in [-0.1, -0.05) is 59.7 Å². The zero-order valence-corrected chi connectivity index (χ0v) is 27.2. The molecule has 0 aliphatic carbocycles. The van der Waals surface area contributed by atoms with Crippen LogP contribution in [0.1, 0.15) is 60.1 Å². The lowest BCUT2D eigenvalue weighted by molar-refractivity contribution is -0.142. The molecule has 0 fully saturated rings. The van der Waals surface area contributed by atoms with Gasteiger partial charge in [-0.3, -0.25) is 9.78 Å². The van der Waals surface area contributed by atoms with E-state index in [0.717, 1.165) is 69.2 Å². The number of hydrogen-bond acceptors (Lipinski definition) is 4. The lowest BCUT2D eigenvalue weighted by Crippen LogP contribution is -2.34. The zero-order valence-electron chi connectivity index (χ0n) is 27.2. The number of ether oxygens (including phenoxy) is 1. The molecule has 1 amide bonds. The van der Waals surface area contributed by atoms with Crippen LogP contribution in [0.15, 0.2) is 91.3 Å². The van der Waals surface area contributed by atoms with E-state index < -0.39 is 11.4 Å². The van der Waals surface area contributed by atoms with Gasteiger partial charge in [-0.05, 0) is 112 Å². The van der Waals surface area contributed by atoms with E-state index in [2.05, 4.69) is 48.1 Å². The first-order valence-corrected chi connectivity index (χ1v) is 15.9. The van der Waals surface area contributed by atoms with Gasteiger partial charge in [0.25, 0.3) is 0 Å². The number of benzene rings is 3. The summed E-state index contributed by atoms with van der Waals surface area (Å²) >= 11 is 0. The number of aromatic nitrogens is 2. The van der Waals surface area contributed by atoms with Crippen molar-refractivity contribution in [2.45, 2.75) is 65.4 Å². The Labute approximate surface area is 271 Å². The predicted octanol–water partition coefficient (Wildman–Crippen LogP) is 8.41. The first kappa shape index (κ1) is 32.5. The molecule has 0 aliphatic heterocycles. The average Bonchev–Trinajstić information content (AvgIpc) is 3.41. The number of H-pyrrole nitrogens is 1. The van der Waals surface area contributed by atoms with E-state index in [9.17, 15) is 14.7 Å². The van der Waals surface area contributed by atoms with E-state index in [1.807, 2.05) is 60.8 Å². The van der Waals surface area contributed by atoms with Crippen LogP contribution in [-0.2, 0) is 34.4 Å². The molecule has 7 heteroatoms. The summed E-state index contributed by atoms with van der Waals surface area (Å²) in [4.78, 5) is 35.3. The number of aryl methyl sites for hydroxylation is 3. The minimum atomic E-state index is -1.05. The van der Waals surface area contributed by atoms with E-state index in [-0.39, 0.29) is 12.7 Å². The van der Waals surface area contributed by atoms with Crippen molar-refractivity contribution in [2.24, 2.45) is 0 Å². The second-order valence-electron chi connectivity index (χ2n) is 12.6. The summed E-state index contributed by atoms with van der Waals surface area (Å²) in [6, 6.07) is 26.0. The minimum Gasteiger partial charge on any atom is -0.481 e. The second-order valence-corrected chi connectivity index (χ2v) is 12.6. The van der Waals surface area contributed by atoms with E-state index in [4.69, 9.17) is 4.74 Å². The van der Waals surface area contributed by atoms with Gasteiger partial charge in [-0.2, -0.15) is 0 Å². The Hall–Kier alpha value is -4.91. The van der Waals surface area contributed by atoms with Gasteiger partial charge < -0.3 is 19.7 Å². The number of rotatable bonds is 13. The molecule has 0 spiro atoms. The minimum absolute atomic E-state index is 0.209. The molecule has 0 saturated carbocycles. The molecule has 0 bridgehead atoms. The molecule has 238 valence electrons. The number of hydrogen-bond donors (Lipinski definition) is 2. The van der Waals surface area contributed by atoms with Crippen LogP contribution in [0.3, 0.4) is 0 Å². The molecule has 46 heavy (non-hydrogen) atoms. The predicted molar refractivity (Wildman–Crippen MR) is 183 cm³/mol. The lowest BCUT2D eigenvalue weighted by atomic mass is 9.84. The summed E-state index contributed by atoms with van der Waals surface area (Å²) in [5.41, 5.74) is 8.16. The highest BCUT2D eigenvalue weighted by atomic mass is 16.6. The standard InChI is InChI=1S/C39H43N3O4/c1-27-21-28(2)23-31(22-27)36-33(34-24-32(15-16-35(34)41-36)39(3,4)37(43)44)17-20-42(19-9-8-11-29-14-10-18-40-25-29)38(45)46-26-30-12-6-5-7-13-30/h5-7,10,12-16,18,21-25,41H,8-9,11,17,19-20,26H2,1-4H3,(H,43,44). The van der Waals surface area contributed by atoms with Gasteiger partial charge in [-0.25, -0.2) is 4.79 Å². The summed E-state index contributed by atoms with van der Waals surface area (Å²) in [5, 5.41) is 10.9. The second kappa shape index (κ2) is 14.5. The first-order chi connectivity index (χ1) is 22.1. The normalized spacial score (nSPS) is 11.5. The van der Waals surface area contributed by atoms with Crippen molar-refractivity contribution in [3.8, 4) is 11.3 Å². The van der Waals surface area contributed by atoms with Crippen molar-refractivity contribution < 1.29 is 19.4 Å². The van der Waals surface area contributed by atoms with Gasteiger partial charge in [0.05, 0.1) is 5.41 Å². The van der Waals surface area contributed by atoms with Gasteiger partial charge in [0.15, 0.2) is 0 Å². The molecule has 5 rings (SSSR count). The number of unbranched alkanes of at least 4 members (excludes halogenated alkanes) is 1. The fourth-order valence-corrected chi connectivity index (χ4v) is 5.91. The summed E-state index contributed by atoms with van der Waals surface area (Å²) in [6.07, 6.45) is 6.52. The number of aliphatic carboxylic acids is 1. The Bertz CT molecular complexity index is 1770. The molecule has 0 unspecified atom stereocenters. The zero-order chi connectivity index (χ0) is 32.7. The van der Waals surface area contributed by atoms with E-state index >= 15 is 0 Å². The molecule has 0 aliphatic rings. The van der Waals surface area contributed by atoms with Gasteiger partial charge in [0.2, 0.25) is 0 Å². The highest BCUT2D eigenvalue weighted by Gasteiger charge is 2.30. The van der Waals surface area contributed by atoms with Crippen molar-refractivity contribution >= 4 is 23.0 Å². The number of aromatic amines is 1. The number of nitrogens with zero attached hydrogens (tertiary/aromatic N) is 2. The van der Waals surface area contributed by atoms with E-state index in [0.29, 0.717) is 19.5 Å². The Balaban J connectivity index is 1.44. The van der Waals surface area contributed by atoms with Crippen LogP contribution in [0, 0.1) is 13.8 Å². The van der Waals surface area contributed by atoms with Crippen LogP contribution in [0.5, 0.6) is 0 Å². The molecular weight excluding hydrogens is 574 g/mol. The number of carboxylic acids is 1. The molecule has 2 heterocycles. The molecule has 3 aromatic carbocycles. The molecule has 5 aromatic rings. The van der Waals surface area contributed by atoms with Crippen LogP contribution in [0.25, 0.3) is 22.2 Å². The first-order valence-electron chi connectivity index (χ1n) is 15.9. The maximum Gasteiger partial charge on any atom is 0.410 e. The van der Waals surface area contributed by atoms with Gasteiger partial charge in [0.1, 0.15) is 6.61 Å². The number of carboxylic acid groups (broad SMARTS) is 1. The molecule has 0 radical (unpaired) electrons. The topological polar surface area (TPSA) is 95.5 Å². The Kier molecular flexibility index (Phi) is 10.2. The Morgan fingerprint density at radius 3 is 2.30 bits per heavy atom. The SMILES string of the molecule is Cc1cc(C)cc(-c2[nH]c3ccc(C(C)(C)C(=O)O)cc3c2CCN(CCCCc2cccnc2)C(=O)OCc2ccccc2)c1. The summed E-state index contributed by atoms with van der Waals surface area (Å²) in [6.45, 7) is 8.85. The molecule has 2 N–H and O–H groups in total. The van der Waals surface area contributed by atoms with E-state index in [1.54, 1.807) is 24.9 Å². The highest BCUT2D eigenvalue weighted by Crippen LogP contribution is 2.35. The summed E-state index contributed by atoms with van der Waals surface area (Å²) in [5.74, 6) is -0.878. The van der Waals surface area contributed by atoms with Crippen LogP contribution in [0.4, 0.5) is 4.79 Å². The summed E-state index contributed by atoms with van der Waals surface area (Å²) in [7, 11) is 0. The summed E-state index contributed by atoms with van der Waals surface area (Å²) < 4.78 is 5.80. The number of pyridine rings is 1. The van der Waals surface area contributed by atoms with Gasteiger partial charge >= 0.3 is 12.1 Å². The molecule has 0 atom stereocenters. The molecule has 0 saturated heterocycles. The van der Waals surface area contributed by atoms with Crippen LogP contribution in [-0.4, -0.2) is 45.1 Å². The van der Waals surface area contributed by atoms with Crippen LogP contribution < -0.4 is 0 Å². The third kappa shape index (κ3) is 7.83. The van der Waals surface area contributed by atoms with Gasteiger partial charge in [-0.15, -0.1) is 0 Å². The van der Waals surface area contributed by atoms with Crippen molar-refractivity contribution in [2.75, 3.05) is 13.1 Å². The Morgan fingerprint density at radius 1 is 0.870 bits per heavy atom. The third-order valence-corrected chi connectivity index (χ3v) is 8.63. The number of carbonyl (C=O) groups is 2. The van der Waals surface area contributed by atoms with E-state index in [1.165, 1.54) is 5.56 Å². The van der Waals surface area contributed by atoms with Crippen molar-refractivity contribution in [3.63, 3.8) is 0 Å². The van der Waals surface area contributed by atoms with Crippen LogP contribution >= 0.6 is 0 Å². The smallest absolute Gasteiger partial charge is 0.410 e. The molecular formula is C39H43N3O4. The number of carbonyl (C=O) groups excluding carboxylic acids is 1. The monoisotopic (exact) mass is 617 g/mol. The van der Waals surface area contributed by atoms with Crippen molar-refractivity contribution in [1.82, 2.24) is 14.9 Å². The van der Waals surface area contributed by atoms with Crippen LogP contribution in [0.2, 0.25) is 0 Å². The quantitative estimate of drug-likeness (QED) is 0.129. The average molecular weight is 618 g/mol. The maximum atomic E-state index is 13.5. The third-order valence-electron chi connectivity index (χ3n) is 8.63. The number of nitrogens with one attached hydrogen (secondary N) is 1. The fraction of sp³-hybridized carbons (Fsp3) is 0.308. The maximum absolute atomic E-state index is 13.5.